The van der Waals surface area contributed by atoms with E-state index in [1.54, 1.807) is 0 Å². The Morgan fingerprint density at radius 3 is 2.51 bits per heavy atom. The molecule has 5 heterocycles. The Labute approximate surface area is 256 Å². The lowest BCUT2D eigenvalue weighted by atomic mass is 9.66. The maximum atomic E-state index is 5.22. The van der Waals surface area contributed by atoms with Gasteiger partial charge in [-0.05, 0) is 66.1 Å². The Morgan fingerprint density at radius 1 is 0.953 bits per heavy atom. The fraction of sp³-hybridized carbons (Fsp3) is 0.421. The molecule has 5 nitrogen and oxygen atoms in total. The van der Waals surface area contributed by atoms with E-state index < -0.39 is 0 Å². The van der Waals surface area contributed by atoms with Gasteiger partial charge in [0.15, 0.2) is 17.8 Å². The van der Waals surface area contributed by atoms with Crippen molar-refractivity contribution in [1.82, 2.24) is 14.8 Å². The molecule has 0 aliphatic carbocycles. The van der Waals surface area contributed by atoms with E-state index in [1.807, 2.05) is 0 Å². The first-order valence-corrected chi connectivity index (χ1v) is 16.3. The van der Waals surface area contributed by atoms with Crippen LogP contribution >= 0.6 is 0 Å². The molecule has 0 spiro atoms. The van der Waals surface area contributed by atoms with E-state index in [4.69, 9.17) is 10.1 Å². The first-order chi connectivity index (χ1) is 20.8. The highest BCUT2D eigenvalue weighted by Crippen LogP contribution is 2.51. The maximum absolute atomic E-state index is 5.22. The van der Waals surface area contributed by atoms with Crippen molar-refractivity contribution in [1.29, 1.82) is 0 Å². The minimum Gasteiger partial charge on any atom is -0.252 e. The Hall–Kier alpha value is -3.86. The predicted octanol–water partition coefficient (Wildman–Crippen LogP) is 7.85. The van der Waals surface area contributed by atoms with Gasteiger partial charge in [0.2, 0.25) is 5.69 Å². The van der Waals surface area contributed by atoms with Gasteiger partial charge in [-0.25, -0.2) is 4.57 Å². The molecule has 5 aromatic rings. The monoisotopic (exact) mass is 571 g/mol. The summed E-state index contributed by atoms with van der Waals surface area (Å²) in [5.74, 6) is 0.237. The van der Waals surface area contributed by atoms with Crippen molar-refractivity contribution in [2.24, 2.45) is 0 Å². The third-order valence-electron chi connectivity index (χ3n) is 10.3. The summed E-state index contributed by atoms with van der Waals surface area (Å²) in [5, 5.41) is 6.47. The highest BCUT2D eigenvalue weighted by atomic mass is 15.3. The molecule has 43 heavy (non-hydrogen) atoms. The molecule has 2 unspecified atom stereocenters. The summed E-state index contributed by atoms with van der Waals surface area (Å²) in [5.41, 5.74) is 10.0. The number of aromatic nitrogens is 5. The van der Waals surface area contributed by atoms with Crippen LogP contribution in [0.1, 0.15) is 96.0 Å². The third kappa shape index (κ3) is 4.26. The molecule has 0 N–H and O–H groups in total. The molecule has 2 aliphatic rings. The molecule has 5 heteroatoms. The molecule has 0 saturated heterocycles. The number of hydrogen-bond donors (Lipinski definition) is 0. The van der Waals surface area contributed by atoms with Crippen LogP contribution in [0, 0.1) is 0 Å². The minimum absolute atomic E-state index is 0.00853. The summed E-state index contributed by atoms with van der Waals surface area (Å²) in [6.07, 6.45) is 10.0. The normalized spacial score (nSPS) is 18.6. The molecule has 0 fully saturated rings. The number of aryl methyl sites for hydroxylation is 1. The molecule has 0 saturated carbocycles. The van der Waals surface area contributed by atoms with Crippen LogP contribution in [0.25, 0.3) is 33.5 Å². The van der Waals surface area contributed by atoms with Crippen molar-refractivity contribution in [2.45, 2.75) is 103 Å². The van der Waals surface area contributed by atoms with Crippen LogP contribution in [0.3, 0.4) is 0 Å². The molecule has 0 bridgehead atoms. The Kier molecular flexibility index (Phi) is 6.76. The summed E-state index contributed by atoms with van der Waals surface area (Å²) in [7, 11) is 0. The van der Waals surface area contributed by atoms with Crippen LogP contribution in [0.15, 0.2) is 79.3 Å². The summed E-state index contributed by atoms with van der Waals surface area (Å²) in [6.45, 7) is 14.6. The largest absolute Gasteiger partial charge is 0.287 e. The molecular formula is C38H45N5+2. The number of unbranched alkanes of at least 4 members (excludes halogenated alkanes) is 1. The lowest BCUT2D eigenvalue weighted by molar-refractivity contribution is -0.787. The summed E-state index contributed by atoms with van der Waals surface area (Å²) in [4.78, 5) is 5.16. The topological polar surface area (TPSA) is 38.5 Å². The Balaban J connectivity index is 1.45. The number of fused-ring (bicyclic) bond motifs is 8. The van der Waals surface area contributed by atoms with E-state index >= 15 is 0 Å². The molecule has 2 aromatic carbocycles. The maximum Gasteiger partial charge on any atom is 0.287 e. The van der Waals surface area contributed by atoms with Gasteiger partial charge in [0, 0.05) is 23.1 Å². The van der Waals surface area contributed by atoms with E-state index in [-0.39, 0.29) is 22.9 Å². The van der Waals surface area contributed by atoms with Gasteiger partial charge < -0.3 is 0 Å². The molecule has 2 atom stereocenters. The third-order valence-corrected chi connectivity index (χ3v) is 10.3. The van der Waals surface area contributed by atoms with Crippen molar-refractivity contribution in [2.75, 3.05) is 0 Å². The highest BCUT2D eigenvalue weighted by Gasteiger charge is 2.56. The zero-order valence-electron chi connectivity index (χ0n) is 26.6. The van der Waals surface area contributed by atoms with Gasteiger partial charge in [-0.3, -0.25) is 4.68 Å². The first-order valence-electron chi connectivity index (χ1n) is 16.3. The van der Waals surface area contributed by atoms with E-state index in [1.165, 1.54) is 52.0 Å². The van der Waals surface area contributed by atoms with Gasteiger partial charge in [0.25, 0.3) is 6.33 Å². The van der Waals surface area contributed by atoms with Crippen molar-refractivity contribution in [3.8, 4) is 22.6 Å². The standard InChI is InChI=1S/C38H45N5/c1-7-10-15-26-19-20-29-30(22-26)39-25-42-36(29)28-17-12-11-16-27(28)35(38(42,8-2)9-3)33-24-43-32(23-34(40-43)37(4,5)6)31-18-13-14-21-41(31)33/h11-14,16-23,25,33,35H,7-10,15,24H2,1-6H3/q+2. The van der Waals surface area contributed by atoms with Crippen LogP contribution < -0.4 is 9.13 Å². The fourth-order valence-electron chi connectivity index (χ4n) is 7.98. The highest BCUT2D eigenvalue weighted by molar-refractivity contribution is 5.92. The summed E-state index contributed by atoms with van der Waals surface area (Å²) >= 11 is 0. The van der Waals surface area contributed by atoms with E-state index in [0.29, 0.717) is 0 Å². The van der Waals surface area contributed by atoms with E-state index in [9.17, 15) is 0 Å². The molecule has 2 aliphatic heterocycles. The second kappa shape index (κ2) is 10.4. The van der Waals surface area contributed by atoms with Crippen LogP contribution in [-0.2, 0) is 23.9 Å². The average Bonchev–Trinajstić information content (AvgIpc) is 3.48. The zero-order chi connectivity index (χ0) is 29.9. The molecule has 0 amide bonds. The minimum atomic E-state index is -0.145. The molecule has 7 rings (SSSR count). The van der Waals surface area contributed by atoms with Crippen LogP contribution in [0.2, 0.25) is 0 Å². The van der Waals surface area contributed by atoms with Crippen molar-refractivity contribution in [3.05, 3.63) is 96.1 Å². The van der Waals surface area contributed by atoms with Gasteiger partial charge in [-0.2, -0.15) is 9.67 Å². The van der Waals surface area contributed by atoms with E-state index in [0.717, 1.165) is 37.0 Å². The molecule has 0 radical (unpaired) electrons. The van der Waals surface area contributed by atoms with Crippen molar-refractivity contribution in [3.63, 3.8) is 0 Å². The molecular weight excluding hydrogens is 526 g/mol. The number of hydrogen-bond acceptors (Lipinski definition) is 2. The Morgan fingerprint density at radius 2 is 1.74 bits per heavy atom. The SMILES string of the molecule is CCCCc1ccc2c3[n+](cnc2c1)C(CC)(CC)C(C1Cn2nc(C(C)(C)C)cc2-c2cccc[n+]21)c1ccccc1-3. The lowest BCUT2D eigenvalue weighted by Crippen LogP contribution is -2.66. The van der Waals surface area contributed by atoms with Crippen molar-refractivity contribution >= 4 is 10.9 Å². The summed E-state index contributed by atoms with van der Waals surface area (Å²) < 4.78 is 7.40. The summed E-state index contributed by atoms with van der Waals surface area (Å²) in [6, 6.07) is 25.3. The first kappa shape index (κ1) is 27.9. The molecule has 220 valence electrons. The second-order valence-electron chi connectivity index (χ2n) is 13.7. The van der Waals surface area contributed by atoms with Crippen molar-refractivity contribution < 1.29 is 9.13 Å². The van der Waals surface area contributed by atoms with Crippen LogP contribution in [-0.4, -0.2) is 14.8 Å². The average molecular weight is 572 g/mol. The smallest absolute Gasteiger partial charge is 0.252 e. The van der Waals surface area contributed by atoms with Gasteiger partial charge >= 0.3 is 0 Å². The fourth-order valence-corrected chi connectivity index (χ4v) is 7.98. The van der Waals surface area contributed by atoms with E-state index in [2.05, 4.69) is 135 Å². The van der Waals surface area contributed by atoms with Gasteiger partial charge in [-0.1, -0.05) is 78.3 Å². The van der Waals surface area contributed by atoms with Crippen LogP contribution in [0.5, 0.6) is 0 Å². The van der Waals surface area contributed by atoms with Crippen LogP contribution in [0.4, 0.5) is 0 Å². The zero-order valence-corrected chi connectivity index (χ0v) is 26.6. The number of nitrogens with zero attached hydrogens (tertiary/aromatic N) is 5. The van der Waals surface area contributed by atoms with Gasteiger partial charge in [0.05, 0.1) is 17.0 Å². The Bertz CT molecular complexity index is 1820. The van der Waals surface area contributed by atoms with Gasteiger partial charge in [0.1, 0.15) is 23.5 Å². The second-order valence-corrected chi connectivity index (χ2v) is 13.7. The lowest BCUT2D eigenvalue weighted by Gasteiger charge is -2.45. The predicted molar refractivity (Wildman–Crippen MR) is 173 cm³/mol. The quantitative estimate of drug-likeness (QED) is 0.195. The number of benzene rings is 2. The number of pyridine rings is 1. The van der Waals surface area contributed by atoms with Gasteiger partial charge in [-0.15, -0.1) is 0 Å². The molecule has 3 aromatic heterocycles. The number of rotatable bonds is 6.